The number of nitrogens with one attached hydrogen (secondary N) is 2. The highest BCUT2D eigenvalue weighted by molar-refractivity contribution is 7.92. The molecular weight excluding hydrogens is 358 g/mol. The summed E-state index contributed by atoms with van der Waals surface area (Å²) in [6, 6.07) is 4.96. The van der Waals surface area contributed by atoms with Crippen LogP contribution in [0.5, 0.6) is 0 Å². The Bertz CT molecular complexity index is 854. The summed E-state index contributed by atoms with van der Waals surface area (Å²) >= 11 is 1.09. The number of carbonyl (C=O) groups excluding carboxylic acids is 1. The number of hydrogen-bond acceptors (Lipinski definition) is 6. The van der Waals surface area contributed by atoms with Crippen molar-refractivity contribution >= 4 is 50.5 Å². The van der Waals surface area contributed by atoms with Crippen molar-refractivity contribution in [3.05, 3.63) is 41.0 Å². The zero-order valence-electron chi connectivity index (χ0n) is 12.5. The topological polar surface area (TPSA) is 116 Å². The van der Waals surface area contributed by atoms with E-state index in [0.29, 0.717) is 5.00 Å². The maximum Gasteiger partial charge on any atom is 0.489 e. The average molecular weight is 372 g/mol. The van der Waals surface area contributed by atoms with Crippen molar-refractivity contribution in [2.45, 2.75) is 6.42 Å². The zero-order chi connectivity index (χ0) is 17.9. The van der Waals surface area contributed by atoms with Gasteiger partial charge in [-0.2, -0.15) is 0 Å². The molecule has 24 heavy (non-hydrogen) atoms. The zero-order valence-corrected chi connectivity index (χ0v) is 14.1. The largest absolute Gasteiger partial charge is 0.489 e. The first kappa shape index (κ1) is 18.4. The molecule has 0 bridgehead atoms. The fraction of sp³-hybridized carbons (Fsp3) is 0.154. The Labute approximate surface area is 142 Å². The molecule has 0 aliphatic carbocycles. The fourth-order valence-electron chi connectivity index (χ4n) is 1.89. The minimum absolute atomic E-state index is 0.0279. The molecule has 2 rings (SSSR count). The van der Waals surface area contributed by atoms with Gasteiger partial charge >= 0.3 is 7.12 Å². The van der Waals surface area contributed by atoms with E-state index in [-0.39, 0.29) is 23.1 Å². The molecule has 1 aromatic carbocycles. The van der Waals surface area contributed by atoms with E-state index >= 15 is 0 Å². The van der Waals surface area contributed by atoms with Crippen LogP contribution in [0.15, 0.2) is 29.6 Å². The van der Waals surface area contributed by atoms with Gasteiger partial charge < -0.3 is 15.4 Å². The number of amides is 1. The lowest BCUT2D eigenvalue weighted by Gasteiger charge is -2.08. The van der Waals surface area contributed by atoms with Gasteiger partial charge in [-0.15, -0.1) is 11.3 Å². The molecule has 0 radical (unpaired) electrons. The van der Waals surface area contributed by atoms with Gasteiger partial charge in [0, 0.05) is 5.69 Å². The number of thiophene rings is 1. The molecule has 7 nitrogen and oxygen atoms in total. The number of benzene rings is 1. The van der Waals surface area contributed by atoms with Crippen LogP contribution in [0.2, 0.25) is 0 Å². The van der Waals surface area contributed by atoms with E-state index in [1.807, 2.05) is 0 Å². The molecule has 1 aromatic heterocycles. The van der Waals surface area contributed by atoms with Crippen molar-refractivity contribution in [2.24, 2.45) is 0 Å². The Morgan fingerprint density at radius 2 is 2.04 bits per heavy atom. The molecule has 4 N–H and O–H groups in total. The summed E-state index contributed by atoms with van der Waals surface area (Å²) in [7, 11) is -5.14. The lowest BCUT2D eigenvalue weighted by Crippen LogP contribution is -2.28. The van der Waals surface area contributed by atoms with Gasteiger partial charge in [0.05, 0.1) is 17.7 Å². The minimum Gasteiger partial charge on any atom is -0.423 e. The van der Waals surface area contributed by atoms with Crippen molar-refractivity contribution in [2.75, 3.05) is 16.3 Å². The molecule has 0 fully saturated rings. The molecule has 0 aliphatic heterocycles. The highest BCUT2D eigenvalue weighted by Crippen LogP contribution is 2.18. The van der Waals surface area contributed by atoms with E-state index in [1.165, 1.54) is 23.6 Å². The molecule has 1 amide bonds. The van der Waals surface area contributed by atoms with Crippen LogP contribution in [-0.2, 0) is 21.2 Å². The number of anilines is 2. The lowest BCUT2D eigenvalue weighted by molar-refractivity contribution is -0.115. The van der Waals surface area contributed by atoms with Crippen LogP contribution in [-0.4, -0.2) is 37.7 Å². The summed E-state index contributed by atoms with van der Waals surface area (Å²) in [6.07, 6.45) is 0.659. The number of carbonyl (C=O) groups is 1. The van der Waals surface area contributed by atoms with Crippen molar-refractivity contribution in [1.29, 1.82) is 0 Å². The highest BCUT2D eigenvalue weighted by Gasteiger charge is 2.15. The van der Waals surface area contributed by atoms with Crippen molar-refractivity contribution in [3.8, 4) is 0 Å². The molecule has 0 atom stereocenters. The van der Waals surface area contributed by atoms with Gasteiger partial charge in [0.2, 0.25) is 15.9 Å². The van der Waals surface area contributed by atoms with Gasteiger partial charge in [0.15, 0.2) is 0 Å². The molecule has 0 unspecified atom stereocenters. The van der Waals surface area contributed by atoms with E-state index < -0.39 is 28.9 Å². The summed E-state index contributed by atoms with van der Waals surface area (Å²) in [5.74, 6) is -1.16. The Kier molecular flexibility index (Phi) is 5.60. The van der Waals surface area contributed by atoms with Gasteiger partial charge in [-0.1, -0.05) is 0 Å². The van der Waals surface area contributed by atoms with Crippen LogP contribution in [0, 0.1) is 5.82 Å². The predicted octanol–water partition coefficient (Wildman–Crippen LogP) is 0.120. The van der Waals surface area contributed by atoms with Crippen molar-refractivity contribution in [3.63, 3.8) is 0 Å². The molecule has 128 valence electrons. The van der Waals surface area contributed by atoms with Gasteiger partial charge in [-0.25, -0.2) is 12.8 Å². The third kappa shape index (κ3) is 5.30. The summed E-state index contributed by atoms with van der Waals surface area (Å²) < 4.78 is 38.4. The quantitative estimate of drug-likeness (QED) is 0.538. The number of hydrogen-bond donors (Lipinski definition) is 4. The normalized spacial score (nSPS) is 11.2. The highest BCUT2D eigenvalue weighted by atomic mass is 32.2. The molecule has 0 saturated heterocycles. The third-order valence-corrected chi connectivity index (χ3v) is 4.35. The van der Waals surface area contributed by atoms with Crippen LogP contribution in [0.3, 0.4) is 0 Å². The number of halogens is 1. The van der Waals surface area contributed by atoms with Crippen molar-refractivity contribution in [1.82, 2.24) is 0 Å². The van der Waals surface area contributed by atoms with E-state index in [9.17, 15) is 17.6 Å². The number of rotatable bonds is 6. The molecule has 0 spiro atoms. The Balaban J connectivity index is 2.08. The molecule has 11 heteroatoms. The van der Waals surface area contributed by atoms with E-state index in [1.54, 1.807) is 0 Å². The molecular formula is C13H14BFN2O5S2. The van der Waals surface area contributed by atoms with Crippen LogP contribution in [0.25, 0.3) is 0 Å². The second-order valence-corrected chi connectivity index (χ2v) is 7.68. The van der Waals surface area contributed by atoms with E-state index in [4.69, 9.17) is 10.0 Å². The Hall–Kier alpha value is -1.95. The smallest absolute Gasteiger partial charge is 0.423 e. The average Bonchev–Trinajstić information content (AvgIpc) is 2.89. The van der Waals surface area contributed by atoms with Gasteiger partial charge in [-0.3, -0.25) is 9.52 Å². The second-order valence-electron chi connectivity index (χ2n) is 5.02. The first-order chi connectivity index (χ1) is 11.1. The van der Waals surface area contributed by atoms with Crippen molar-refractivity contribution < 1.29 is 27.7 Å². The molecule has 0 aliphatic rings. The number of sulfonamides is 1. The molecule has 0 saturated carbocycles. The summed E-state index contributed by atoms with van der Waals surface area (Å²) in [6.45, 7) is 0. The first-order valence-corrected chi connectivity index (χ1v) is 9.42. The predicted molar refractivity (Wildman–Crippen MR) is 91.3 cm³/mol. The maximum absolute atomic E-state index is 13.8. The van der Waals surface area contributed by atoms with E-state index in [0.717, 1.165) is 23.7 Å². The monoisotopic (exact) mass is 372 g/mol. The summed E-state index contributed by atoms with van der Waals surface area (Å²) in [4.78, 5) is 12.0. The standard InChI is InChI=1S/C13H14BFN2O5S2/c1-24(21,22)17-10-2-3-11(15)8(4-10)5-12(18)16-13-6-9(7-23-13)14(19)20/h2-4,6-7,17,19-20H,5H2,1H3,(H,16,18). The van der Waals surface area contributed by atoms with Crippen LogP contribution in [0.1, 0.15) is 5.56 Å². The van der Waals surface area contributed by atoms with Gasteiger partial charge in [-0.05, 0) is 40.7 Å². The van der Waals surface area contributed by atoms with Gasteiger partial charge in [0.25, 0.3) is 0 Å². The van der Waals surface area contributed by atoms with Crippen LogP contribution < -0.4 is 15.5 Å². The van der Waals surface area contributed by atoms with E-state index in [2.05, 4.69) is 10.0 Å². The molecule has 2 aromatic rings. The Morgan fingerprint density at radius 3 is 2.62 bits per heavy atom. The first-order valence-electron chi connectivity index (χ1n) is 6.64. The SMILES string of the molecule is CS(=O)(=O)Nc1ccc(F)c(CC(=O)Nc2cc(B(O)O)cs2)c1. The fourth-order valence-corrected chi connectivity index (χ4v) is 3.28. The maximum atomic E-state index is 13.8. The summed E-state index contributed by atoms with van der Waals surface area (Å²) in [5, 5.41) is 22.4. The third-order valence-electron chi connectivity index (χ3n) is 2.88. The summed E-state index contributed by atoms with van der Waals surface area (Å²) in [5.41, 5.74) is 0.421. The minimum atomic E-state index is -3.51. The Morgan fingerprint density at radius 1 is 1.33 bits per heavy atom. The van der Waals surface area contributed by atoms with Crippen LogP contribution in [0.4, 0.5) is 15.1 Å². The lowest BCUT2D eigenvalue weighted by atomic mass is 9.83. The molecule has 1 heterocycles. The van der Waals surface area contributed by atoms with Gasteiger partial charge in [0.1, 0.15) is 5.82 Å². The van der Waals surface area contributed by atoms with Crippen LogP contribution >= 0.6 is 11.3 Å². The second kappa shape index (κ2) is 7.30.